The first kappa shape index (κ1) is 16.1. The van der Waals surface area contributed by atoms with Crippen molar-refractivity contribution in [3.8, 4) is 0 Å². The molecule has 0 saturated carbocycles. The van der Waals surface area contributed by atoms with Gasteiger partial charge >= 0.3 is 5.97 Å². The van der Waals surface area contributed by atoms with E-state index < -0.39 is 12.0 Å². The number of aryl methyl sites for hydroxylation is 1. The zero-order valence-corrected chi connectivity index (χ0v) is 13.8. The number of nitrogens with zero attached hydrogens (tertiary/aromatic N) is 3. The van der Waals surface area contributed by atoms with Gasteiger partial charge in [-0.1, -0.05) is 0 Å². The molecule has 0 spiro atoms. The van der Waals surface area contributed by atoms with E-state index in [9.17, 15) is 14.7 Å². The molecule has 0 saturated heterocycles. The number of thiazole rings is 1. The number of rotatable bonds is 6. The summed E-state index contributed by atoms with van der Waals surface area (Å²) in [6.45, 7) is 1.99. The van der Waals surface area contributed by atoms with Crippen molar-refractivity contribution in [1.82, 2.24) is 19.7 Å². The van der Waals surface area contributed by atoms with Crippen LogP contribution < -0.4 is 5.32 Å². The van der Waals surface area contributed by atoms with Crippen LogP contribution in [-0.2, 0) is 22.4 Å². The molecule has 2 N–H and O–H groups in total. The van der Waals surface area contributed by atoms with Gasteiger partial charge in [0.1, 0.15) is 6.04 Å². The standard InChI is InChI=1S/C16H16N4O3S/c1-10-8-20-9-12(18-16(20)24-10)7-14(21)19-13(15(22)23)6-11-2-4-17-5-3-11/h2-5,8-9,13H,6-7H2,1H3,(H,19,21)(H,22,23). The van der Waals surface area contributed by atoms with Crippen LogP contribution in [0.15, 0.2) is 36.9 Å². The lowest BCUT2D eigenvalue weighted by Crippen LogP contribution is -2.43. The molecule has 8 heteroatoms. The second-order valence-electron chi connectivity index (χ2n) is 5.46. The average Bonchev–Trinajstić information content (AvgIpc) is 3.04. The molecule has 0 aliphatic carbocycles. The molecule has 0 aliphatic rings. The zero-order valence-electron chi connectivity index (χ0n) is 13.0. The summed E-state index contributed by atoms with van der Waals surface area (Å²) in [4.78, 5) is 33.8. The molecule has 124 valence electrons. The highest BCUT2D eigenvalue weighted by Gasteiger charge is 2.21. The van der Waals surface area contributed by atoms with Crippen molar-refractivity contribution in [1.29, 1.82) is 0 Å². The molecule has 1 unspecified atom stereocenters. The lowest BCUT2D eigenvalue weighted by atomic mass is 10.1. The molecule has 0 fully saturated rings. The highest BCUT2D eigenvalue weighted by molar-refractivity contribution is 7.16. The van der Waals surface area contributed by atoms with Gasteiger partial charge in [0.25, 0.3) is 0 Å². The molecule has 0 aromatic carbocycles. The molecule has 0 aliphatic heterocycles. The number of imidazole rings is 1. The van der Waals surface area contributed by atoms with Crippen molar-refractivity contribution in [2.45, 2.75) is 25.8 Å². The summed E-state index contributed by atoms with van der Waals surface area (Å²) in [6.07, 6.45) is 7.18. The van der Waals surface area contributed by atoms with Gasteiger partial charge in [0.15, 0.2) is 4.96 Å². The van der Waals surface area contributed by atoms with Gasteiger partial charge in [-0.25, -0.2) is 9.78 Å². The number of fused-ring (bicyclic) bond motifs is 1. The minimum Gasteiger partial charge on any atom is -0.480 e. The largest absolute Gasteiger partial charge is 0.480 e. The quantitative estimate of drug-likeness (QED) is 0.705. The number of carbonyl (C=O) groups excluding carboxylic acids is 1. The van der Waals surface area contributed by atoms with E-state index >= 15 is 0 Å². The smallest absolute Gasteiger partial charge is 0.326 e. The van der Waals surface area contributed by atoms with Gasteiger partial charge in [0.2, 0.25) is 5.91 Å². The summed E-state index contributed by atoms with van der Waals surface area (Å²) in [6, 6.07) is 2.48. The Kier molecular flexibility index (Phi) is 4.57. The van der Waals surface area contributed by atoms with E-state index in [0.29, 0.717) is 5.69 Å². The predicted octanol–water partition coefficient (Wildman–Crippen LogP) is 1.45. The maximum atomic E-state index is 12.2. The van der Waals surface area contributed by atoms with Crippen LogP contribution in [0.2, 0.25) is 0 Å². The molecule has 3 aromatic rings. The molecule has 3 rings (SSSR count). The second-order valence-corrected chi connectivity index (χ2v) is 6.67. The molecule has 3 heterocycles. The molecule has 0 radical (unpaired) electrons. The molecule has 1 atom stereocenters. The van der Waals surface area contributed by atoms with Crippen molar-refractivity contribution in [3.63, 3.8) is 0 Å². The molecular weight excluding hydrogens is 328 g/mol. The first-order valence-corrected chi connectivity index (χ1v) is 8.18. The summed E-state index contributed by atoms with van der Waals surface area (Å²) in [5.41, 5.74) is 1.42. The van der Waals surface area contributed by atoms with Crippen LogP contribution in [0, 0.1) is 6.92 Å². The lowest BCUT2D eigenvalue weighted by Gasteiger charge is -2.14. The number of pyridine rings is 1. The highest BCUT2D eigenvalue weighted by Crippen LogP contribution is 2.16. The highest BCUT2D eigenvalue weighted by atomic mass is 32.1. The van der Waals surface area contributed by atoms with Crippen LogP contribution in [0.5, 0.6) is 0 Å². The molecule has 0 bridgehead atoms. The van der Waals surface area contributed by atoms with E-state index in [2.05, 4.69) is 15.3 Å². The van der Waals surface area contributed by atoms with Crippen LogP contribution >= 0.6 is 11.3 Å². The number of carboxylic acids is 1. The first-order chi connectivity index (χ1) is 11.5. The maximum Gasteiger partial charge on any atom is 0.326 e. The zero-order chi connectivity index (χ0) is 17.1. The maximum absolute atomic E-state index is 12.2. The Labute approximate surface area is 142 Å². The Balaban J connectivity index is 1.64. The summed E-state index contributed by atoms with van der Waals surface area (Å²) < 4.78 is 1.87. The minimum atomic E-state index is -1.07. The Bertz CT molecular complexity index is 840. The van der Waals surface area contributed by atoms with Gasteiger partial charge in [-0.15, -0.1) is 11.3 Å². The van der Waals surface area contributed by atoms with Gasteiger partial charge in [0, 0.05) is 36.1 Å². The van der Waals surface area contributed by atoms with Gasteiger partial charge in [-0.2, -0.15) is 0 Å². The summed E-state index contributed by atoms with van der Waals surface area (Å²) in [7, 11) is 0. The lowest BCUT2D eigenvalue weighted by molar-refractivity contribution is -0.141. The number of aromatic nitrogens is 3. The fraction of sp³-hybridized carbons (Fsp3) is 0.250. The molecular formula is C16H16N4O3S. The van der Waals surface area contributed by atoms with Crippen LogP contribution in [0.3, 0.4) is 0 Å². The fourth-order valence-electron chi connectivity index (χ4n) is 2.41. The third kappa shape index (κ3) is 3.77. The van der Waals surface area contributed by atoms with Gasteiger partial charge in [0.05, 0.1) is 12.1 Å². The third-order valence-corrected chi connectivity index (χ3v) is 4.40. The Morgan fingerprint density at radius 1 is 1.33 bits per heavy atom. The minimum absolute atomic E-state index is 0.0492. The van der Waals surface area contributed by atoms with Crippen molar-refractivity contribution in [2.24, 2.45) is 0 Å². The van der Waals surface area contributed by atoms with E-state index in [1.165, 1.54) is 0 Å². The summed E-state index contributed by atoms with van der Waals surface area (Å²) in [5, 5.41) is 11.9. The second kappa shape index (κ2) is 6.79. The Hall–Kier alpha value is -2.74. The topological polar surface area (TPSA) is 96.6 Å². The van der Waals surface area contributed by atoms with E-state index in [1.54, 1.807) is 42.1 Å². The first-order valence-electron chi connectivity index (χ1n) is 7.36. The number of amides is 1. The van der Waals surface area contributed by atoms with Crippen LogP contribution in [0.4, 0.5) is 0 Å². The predicted molar refractivity (Wildman–Crippen MR) is 89.0 cm³/mol. The van der Waals surface area contributed by atoms with Crippen molar-refractivity contribution in [2.75, 3.05) is 0 Å². The monoisotopic (exact) mass is 344 g/mol. The van der Waals surface area contributed by atoms with E-state index in [-0.39, 0.29) is 18.7 Å². The molecule has 7 nitrogen and oxygen atoms in total. The number of nitrogens with one attached hydrogen (secondary N) is 1. The van der Waals surface area contributed by atoms with E-state index in [1.807, 2.05) is 17.5 Å². The fourth-order valence-corrected chi connectivity index (χ4v) is 3.24. The van der Waals surface area contributed by atoms with Crippen LogP contribution in [0.25, 0.3) is 4.96 Å². The van der Waals surface area contributed by atoms with E-state index in [0.717, 1.165) is 15.4 Å². The number of hydrogen-bond donors (Lipinski definition) is 2. The number of carboxylic acid groups (broad SMARTS) is 1. The van der Waals surface area contributed by atoms with E-state index in [4.69, 9.17) is 0 Å². The van der Waals surface area contributed by atoms with Crippen molar-refractivity contribution >= 4 is 28.2 Å². The Morgan fingerprint density at radius 3 is 2.75 bits per heavy atom. The normalized spacial score (nSPS) is 12.2. The van der Waals surface area contributed by atoms with Gasteiger partial charge in [-0.3, -0.25) is 14.2 Å². The molecule has 3 aromatic heterocycles. The van der Waals surface area contributed by atoms with Crippen LogP contribution in [0.1, 0.15) is 16.1 Å². The number of hydrogen-bond acceptors (Lipinski definition) is 5. The molecule has 24 heavy (non-hydrogen) atoms. The Morgan fingerprint density at radius 2 is 2.08 bits per heavy atom. The van der Waals surface area contributed by atoms with Crippen molar-refractivity contribution < 1.29 is 14.7 Å². The average molecular weight is 344 g/mol. The molecule has 1 amide bonds. The van der Waals surface area contributed by atoms with Crippen molar-refractivity contribution in [3.05, 3.63) is 53.1 Å². The summed E-state index contributed by atoms with van der Waals surface area (Å²) in [5.74, 6) is -1.43. The summed E-state index contributed by atoms with van der Waals surface area (Å²) >= 11 is 1.54. The van der Waals surface area contributed by atoms with Gasteiger partial charge in [-0.05, 0) is 24.6 Å². The SMILES string of the molecule is Cc1cn2cc(CC(=O)NC(Cc3ccncc3)C(=O)O)nc2s1. The number of aliphatic carboxylic acids is 1. The number of carbonyl (C=O) groups is 2. The third-order valence-electron chi connectivity index (χ3n) is 3.49. The van der Waals surface area contributed by atoms with Gasteiger partial charge < -0.3 is 10.4 Å². The van der Waals surface area contributed by atoms with Crippen LogP contribution in [-0.4, -0.2) is 37.4 Å².